The Kier molecular flexibility index (Phi) is 6.19. The molecule has 0 saturated heterocycles. The second-order valence-electron chi connectivity index (χ2n) is 5.56. The molecular formula is C20H20N4O3. The minimum atomic E-state index is -0.285. The molecule has 1 aromatic heterocycles. The predicted molar refractivity (Wildman–Crippen MR) is 103 cm³/mol. The van der Waals surface area contributed by atoms with Gasteiger partial charge < -0.3 is 20.1 Å². The van der Waals surface area contributed by atoms with E-state index in [1.807, 2.05) is 54.6 Å². The van der Waals surface area contributed by atoms with Crippen molar-refractivity contribution in [2.75, 3.05) is 25.6 Å². The number of amides is 1. The zero-order chi connectivity index (χ0) is 18.9. The molecule has 7 heteroatoms. The zero-order valence-corrected chi connectivity index (χ0v) is 14.9. The van der Waals surface area contributed by atoms with E-state index in [0.717, 1.165) is 11.4 Å². The second-order valence-corrected chi connectivity index (χ2v) is 5.56. The van der Waals surface area contributed by atoms with Gasteiger partial charge in [0, 0.05) is 11.8 Å². The van der Waals surface area contributed by atoms with Crippen LogP contribution >= 0.6 is 0 Å². The number of rotatable bonds is 8. The number of nitrogens with one attached hydrogen (secondary N) is 2. The van der Waals surface area contributed by atoms with Gasteiger partial charge in [0.25, 0.3) is 5.91 Å². The van der Waals surface area contributed by atoms with E-state index in [-0.39, 0.29) is 11.6 Å². The van der Waals surface area contributed by atoms with Gasteiger partial charge in [0.1, 0.15) is 35.9 Å². The maximum atomic E-state index is 12.2. The van der Waals surface area contributed by atoms with E-state index in [0.29, 0.717) is 24.7 Å². The largest absolute Gasteiger partial charge is 0.497 e. The summed E-state index contributed by atoms with van der Waals surface area (Å²) in [5.74, 6) is 1.74. The fourth-order valence-corrected chi connectivity index (χ4v) is 2.32. The lowest BCUT2D eigenvalue weighted by molar-refractivity contribution is 0.0942. The van der Waals surface area contributed by atoms with Crippen molar-refractivity contribution in [2.24, 2.45) is 0 Å². The van der Waals surface area contributed by atoms with E-state index in [1.165, 1.54) is 6.33 Å². The first kappa shape index (κ1) is 18.2. The van der Waals surface area contributed by atoms with Crippen LogP contribution in [0.4, 0.5) is 11.5 Å². The minimum absolute atomic E-state index is 0.285. The Morgan fingerprint density at radius 1 is 1.00 bits per heavy atom. The van der Waals surface area contributed by atoms with Crippen LogP contribution in [0, 0.1) is 0 Å². The molecule has 3 rings (SSSR count). The van der Waals surface area contributed by atoms with Gasteiger partial charge >= 0.3 is 0 Å². The molecule has 0 aliphatic carbocycles. The Bertz CT molecular complexity index is 870. The molecular weight excluding hydrogens is 344 g/mol. The van der Waals surface area contributed by atoms with E-state index in [4.69, 9.17) is 9.47 Å². The van der Waals surface area contributed by atoms with Crippen molar-refractivity contribution in [2.45, 2.75) is 0 Å². The average Bonchev–Trinajstić information content (AvgIpc) is 2.72. The van der Waals surface area contributed by atoms with E-state index in [9.17, 15) is 4.79 Å². The molecule has 0 atom stereocenters. The summed E-state index contributed by atoms with van der Waals surface area (Å²) in [5, 5.41) is 5.91. The first-order valence-electron chi connectivity index (χ1n) is 8.44. The molecule has 0 aliphatic heterocycles. The second kappa shape index (κ2) is 9.19. The number of nitrogens with zero attached hydrogens (tertiary/aromatic N) is 2. The highest BCUT2D eigenvalue weighted by Gasteiger charge is 2.08. The highest BCUT2D eigenvalue weighted by Crippen LogP contribution is 2.17. The number of hydrogen-bond acceptors (Lipinski definition) is 6. The average molecular weight is 364 g/mol. The smallest absolute Gasteiger partial charge is 0.270 e. The maximum Gasteiger partial charge on any atom is 0.270 e. The molecule has 7 nitrogen and oxygen atoms in total. The molecule has 0 radical (unpaired) electrons. The number of carbonyl (C=O) groups excluding carboxylic acids is 1. The van der Waals surface area contributed by atoms with Gasteiger partial charge in [-0.1, -0.05) is 18.2 Å². The minimum Gasteiger partial charge on any atom is -0.497 e. The molecule has 1 heterocycles. The number of methoxy groups -OCH3 is 1. The van der Waals surface area contributed by atoms with Crippen molar-refractivity contribution in [3.63, 3.8) is 0 Å². The molecule has 0 saturated carbocycles. The summed E-state index contributed by atoms with van der Waals surface area (Å²) >= 11 is 0. The van der Waals surface area contributed by atoms with Crippen molar-refractivity contribution in [3.05, 3.63) is 72.7 Å². The molecule has 2 N–H and O–H groups in total. The fourth-order valence-electron chi connectivity index (χ4n) is 2.32. The van der Waals surface area contributed by atoms with E-state index < -0.39 is 0 Å². The van der Waals surface area contributed by atoms with Gasteiger partial charge in [-0.2, -0.15) is 0 Å². The maximum absolute atomic E-state index is 12.2. The summed E-state index contributed by atoms with van der Waals surface area (Å²) in [6, 6.07) is 18.5. The Hall–Kier alpha value is -3.61. The lowest BCUT2D eigenvalue weighted by Crippen LogP contribution is -2.28. The number of carbonyl (C=O) groups is 1. The zero-order valence-electron chi connectivity index (χ0n) is 14.9. The SMILES string of the molecule is COc1ccc(OCCNC(=O)c2cc(Nc3ccccc3)ncn2)cc1. The number of ether oxygens (including phenoxy) is 2. The monoisotopic (exact) mass is 364 g/mol. The van der Waals surface area contributed by atoms with Crippen LogP contribution in [0.15, 0.2) is 67.0 Å². The highest BCUT2D eigenvalue weighted by atomic mass is 16.5. The van der Waals surface area contributed by atoms with Gasteiger partial charge in [0.05, 0.1) is 13.7 Å². The quantitative estimate of drug-likeness (QED) is 0.598. The Morgan fingerprint density at radius 3 is 2.48 bits per heavy atom. The molecule has 1 amide bonds. The van der Waals surface area contributed by atoms with Crippen molar-refractivity contribution in [1.82, 2.24) is 15.3 Å². The van der Waals surface area contributed by atoms with Crippen LogP contribution in [-0.2, 0) is 0 Å². The Morgan fingerprint density at radius 2 is 1.74 bits per heavy atom. The van der Waals surface area contributed by atoms with Gasteiger partial charge in [0.15, 0.2) is 0 Å². The van der Waals surface area contributed by atoms with Gasteiger partial charge in [-0.05, 0) is 36.4 Å². The lowest BCUT2D eigenvalue weighted by atomic mass is 10.3. The molecule has 0 unspecified atom stereocenters. The predicted octanol–water partition coefficient (Wildman–Crippen LogP) is 3.04. The van der Waals surface area contributed by atoms with Gasteiger partial charge in [-0.15, -0.1) is 0 Å². The van der Waals surface area contributed by atoms with Crippen molar-refractivity contribution in [1.29, 1.82) is 0 Å². The van der Waals surface area contributed by atoms with Crippen molar-refractivity contribution >= 4 is 17.4 Å². The Labute approximate surface area is 157 Å². The first-order valence-corrected chi connectivity index (χ1v) is 8.44. The molecule has 138 valence electrons. The summed E-state index contributed by atoms with van der Waals surface area (Å²) in [7, 11) is 1.61. The molecule has 0 aliphatic rings. The third-order valence-electron chi connectivity index (χ3n) is 3.66. The molecule has 2 aromatic carbocycles. The topological polar surface area (TPSA) is 85.4 Å². The van der Waals surface area contributed by atoms with Crippen LogP contribution in [0.5, 0.6) is 11.5 Å². The van der Waals surface area contributed by atoms with Crippen molar-refractivity contribution < 1.29 is 14.3 Å². The molecule has 27 heavy (non-hydrogen) atoms. The standard InChI is InChI=1S/C20H20N4O3/c1-26-16-7-9-17(10-8-16)27-12-11-21-20(25)18-13-19(23-14-22-18)24-15-5-3-2-4-6-15/h2-10,13-14H,11-12H2,1H3,(H,21,25)(H,22,23,24). The summed E-state index contributed by atoms with van der Waals surface area (Å²) < 4.78 is 10.7. The van der Waals surface area contributed by atoms with Crippen LogP contribution in [0.2, 0.25) is 0 Å². The molecule has 0 spiro atoms. The third-order valence-corrected chi connectivity index (χ3v) is 3.66. The summed E-state index contributed by atoms with van der Waals surface area (Å²) in [6.45, 7) is 0.703. The van der Waals surface area contributed by atoms with E-state index in [2.05, 4.69) is 20.6 Å². The third kappa shape index (κ3) is 5.43. The van der Waals surface area contributed by atoms with Gasteiger partial charge in [-0.3, -0.25) is 4.79 Å². The van der Waals surface area contributed by atoms with E-state index >= 15 is 0 Å². The molecule has 0 fully saturated rings. The van der Waals surface area contributed by atoms with Crippen LogP contribution < -0.4 is 20.1 Å². The van der Waals surface area contributed by atoms with Gasteiger partial charge in [-0.25, -0.2) is 9.97 Å². The fraction of sp³-hybridized carbons (Fsp3) is 0.150. The van der Waals surface area contributed by atoms with Crippen LogP contribution in [0.25, 0.3) is 0 Å². The van der Waals surface area contributed by atoms with Crippen molar-refractivity contribution in [3.8, 4) is 11.5 Å². The summed E-state index contributed by atoms with van der Waals surface area (Å²) in [4.78, 5) is 20.4. The van der Waals surface area contributed by atoms with Crippen LogP contribution in [-0.4, -0.2) is 36.1 Å². The summed E-state index contributed by atoms with van der Waals surface area (Å²) in [6.07, 6.45) is 1.36. The van der Waals surface area contributed by atoms with Crippen LogP contribution in [0.3, 0.4) is 0 Å². The normalized spacial score (nSPS) is 10.1. The highest BCUT2D eigenvalue weighted by molar-refractivity contribution is 5.92. The van der Waals surface area contributed by atoms with Gasteiger partial charge in [0.2, 0.25) is 0 Å². The number of para-hydroxylation sites is 1. The first-order chi connectivity index (χ1) is 13.2. The van der Waals surface area contributed by atoms with Crippen LogP contribution in [0.1, 0.15) is 10.5 Å². The number of anilines is 2. The molecule has 0 bridgehead atoms. The Balaban J connectivity index is 1.48. The summed E-state index contributed by atoms with van der Waals surface area (Å²) in [5.41, 5.74) is 1.17. The van der Waals surface area contributed by atoms with E-state index in [1.54, 1.807) is 13.2 Å². The number of hydrogen-bond donors (Lipinski definition) is 2. The molecule has 3 aromatic rings. The number of aromatic nitrogens is 2. The number of benzene rings is 2. The lowest BCUT2D eigenvalue weighted by Gasteiger charge is -2.09.